The highest BCUT2D eigenvalue weighted by atomic mass is 32.2. The van der Waals surface area contributed by atoms with Crippen molar-refractivity contribution in [3.63, 3.8) is 0 Å². The predicted molar refractivity (Wildman–Crippen MR) is 179 cm³/mol. The van der Waals surface area contributed by atoms with Crippen LogP contribution in [-0.2, 0) is 29.1 Å². The van der Waals surface area contributed by atoms with Gasteiger partial charge >= 0.3 is 6.09 Å². The van der Waals surface area contributed by atoms with Gasteiger partial charge in [-0.2, -0.15) is 4.80 Å². The van der Waals surface area contributed by atoms with Crippen LogP contribution in [0.25, 0.3) is 11.4 Å². The Morgan fingerprint density at radius 1 is 1.02 bits per heavy atom. The number of likely N-dealkylation sites (tertiary alicyclic amines) is 1. The maximum absolute atomic E-state index is 14.3. The smallest absolute Gasteiger partial charge is 0.408 e. The maximum Gasteiger partial charge on any atom is 0.408 e. The first-order chi connectivity index (χ1) is 24.7. The summed E-state index contributed by atoms with van der Waals surface area (Å²) in [6, 6.07) is 3.69. The van der Waals surface area contributed by atoms with Gasteiger partial charge in [-0.05, 0) is 80.3 Å². The number of hydrogen-bond donors (Lipinski definition) is 3. The Balaban J connectivity index is 1.25. The van der Waals surface area contributed by atoms with E-state index < -0.39 is 87.4 Å². The summed E-state index contributed by atoms with van der Waals surface area (Å²) in [5.74, 6) is -4.07. The van der Waals surface area contributed by atoms with Gasteiger partial charge < -0.3 is 25.0 Å². The van der Waals surface area contributed by atoms with E-state index in [-0.39, 0.29) is 24.9 Å². The molecule has 1 unspecified atom stereocenters. The third kappa shape index (κ3) is 7.97. The first kappa shape index (κ1) is 37.3. The van der Waals surface area contributed by atoms with Crippen LogP contribution in [0.4, 0.5) is 13.6 Å². The second-order valence-corrected chi connectivity index (χ2v) is 16.3. The Hall–Kier alpha value is -4.42. The molecule has 3 aliphatic carbocycles. The summed E-state index contributed by atoms with van der Waals surface area (Å²) in [6.07, 6.45) is 0.284. The number of amides is 4. The second-order valence-electron chi connectivity index (χ2n) is 14.4. The lowest BCUT2D eigenvalue weighted by Crippen LogP contribution is -2.59. The van der Waals surface area contributed by atoms with Crippen molar-refractivity contribution in [3.05, 3.63) is 24.3 Å². The van der Waals surface area contributed by atoms with Crippen LogP contribution in [0.5, 0.6) is 5.75 Å². The fourth-order valence-corrected chi connectivity index (χ4v) is 8.30. The lowest BCUT2D eigenvalue weighted by molar-refractivity contribution is -0.142. The SMILES string of the molecule is COc1ccc(-c2nnn([C@@H]3CC(C(=O)N[C@]4(C(=O)NS(=O)(=O)C5CC5)C[C@H]4C(F)F)N(C(=O)[C@@H](NC(=O)OC4CCCCC4)C(C)C)C3)n2)cc1. The number of tetrazole rings is 1. The molecule has 0 radical (unpaired) electrons. The molecule has 4 fully saturated rings. The molecule has 1 aromatic carbocycles. The molecule has 1 saturated heterocycles. The summed E-state index contributed by atoms with van der Waals surface area (Å²) in [4.78, 5) is 57.1. The van der Waals surface area contributed by atoms with Crippen molar-refractivity contribution >= 4 is 33.8 Å². The van der Waals surface area contributed by atoms with Crippen LogP contribution >= 0.6 is 0 Å². The lowest BCUT2D eigenvalue weighted by Gasteiger charge is -2.31. The molecule has 284 valence electrons. The molecule has 2 aromatic rings. The summed E-state index contributed by atoms with van der Waals surface area (Å²) in [6.45, 7) is 3.29. The molecule has 52 heavy (non-hydrogen) atoms. The maximum atomic E-state index is 14.3. The normalized spacial score (nSPS) is 25.4. The van der Waals surface area contributed by atoms with Gasteiger partial charge in [-0.25, -0.2) is 22.0 Å². The van der Waals surface area contributed by atoms with Crippen molar-refractivity contribution < 1.29 is 45.9 Å². The number of rotatable bonds is 13. The molecule has 19 heteroatoms. The highest BCUT2D eigenvalue weighted by Crippen LogP contribution is 2.48. The number of sulfonamides is 1. The van der Waals surface area contributed by atoms with Gasteiger partial charge in [0.1, 0.15) is 29.5 Å². The number of alkyl carbamates (subject to hydrolysis) is 1. The number of benzene rings is 1. The molecule has 1 aromatic heterocycles. The van der Waals surface area contributed by atoms with Gasteiger partial charge in [0.25, 0.3) is 5.91 Å². The van der Waals surface area contributed by atoms with Crippen molar-refractivity contribution in [2.75, 3.05) is 13.7 Å². The molecular formula is C33H44F2N8O8S. The number of ether oxygens (including phenoxy) is 2. The first-order valence-corrected chi connectivity index (χ1v) is 19.1. The van der Waals surface area contributed by atoms with Crippen LogP contribution in [0.2, 0.25) is 0 Å². The zero-order valence-corrected chi connectivity index (χ0v) is 30.0. The summed E-state index contributed by atoms with van der Waals surface area (Å²) >= 11 is 0. The van der Waals surface area contributed by atoms with Crippen LogP contribution in [0.1, 0.15) is 77.7 Å². The molecule has 16 nitrogen and oxygen atoms in total. The fraction of sp³-hybridized carbons (Fsp3) is 0.667. The molecule has 2 heterocycles. The summed E-state index contributed by atoms with van der Waals surface area (Å²) < 4.78 is 65.9. The molecule has 5 atom stereocenters. The van der Waals surface area contributed by atoms with E-state index in [0.29, 0.717) is 37.0 Å². The monoisotopic (exact) mass is 750 g/mol. The Labute approximate surface area is 299 Å². The minimum atomic E-state index is -4.12. The van der Waals surface area contributed by atoms with Crippen LogP contribution in [0, 0.1) is 11.8 Å². The van der Waals surface area contributed by atoms with Gasteiger partial charge in [0.2, 0.25) is 34.1 Å². The van der Waals surface area contributed by atoms with Gasteiger partial charge in [0.05, 0.1) is 24.3 Å². The predicted octanol–water partition coefficient (Wildman–Crippen LogP) is 2.32. The molecule has 4 amide bonds. The van der Waals surface area contributed by atoms with E-state index in [9.17, 15) is 36.4 Å². The van der Waals surface area contributed by atoms with E-state index in [2.05, 4.69) is 26.0 Å². The minimum absolute atomic E-state index is 0.106. The summed E-state index contributed by atoms with van der Waals surface area (Å²) in [5, 5.41) is 17.0. The van der Waals surface area contributed by atoms with Crippen LogP contribution in [-0.4, -0.2) is 106 Å². The number of aromatic nitrogens is 4. The average Bonchev–Trinajstić information content (AvgIpc) is 4.00. The molecule has 3 saturated carbocycles. The molecule has 1 aliphatic heterocycles. The van der Waals surface area contributed by atoms with E-state index in [0.717, 1.165) is 19.3 Å². The first-order valence-electron chi connectivity index (χ1n) is 17.6. The van der Waals surface area contributed by atoms with Crippen molar-refractivity contribution in [2.45, 2.75) is 113 Å². The molecule has 0 spiro atoms. The standard InChI is InChI=1S/C33H44F2N8O8S/c1-18(2)26(36-32(47)51-22-7-5-4-6-8-22)30(45)42-17-20(43-39-28(38-41-43)19-9-11-21(50-3)12-10-19)15-25(42)29(44)37-33(16-24(33)27(34)35)31(46)40-52(48,49)23-13-14-23/h9-12,18,20,22-27H,4-8,13-17H2,1-3H3,(H,36,47)(H,37,44)(H,40,46)/t20-,24+,25?,26+,33-/m1/s1. The third-order valence-electron chi connectivity index (χ3n) is 10.3. The van der Waals surface area contributed by atoms with Gasteiger partial charge in [-0.15, -0.1) is 10.2 Å². The Kier molecular flexibility index (Phi) is 10.7. The van der Waals surface area contributed by atoms with Gasteiger partial charge in [-0.3, -0.25) is 19.1 Å². The summed E-state index contributed by atoms with van der Waals surface area (Å²) in [7, 11) is -2.59. The third-order valence-corrected chi connectivity index (χ3v) is 12.1. The zero-order valence-electron chi connectivity index (χ0n) is 29.2. The van der Waals surface area contributed by atoms with E-state index >= 15 is 0 Å². The molecule has 0 bridgehead atoms. The number of alkyl halides is 2. The number of nitrogens with one attached hydrogen (secondary N) is 3. The number of hydrogen-bond acceptors (Lipinski definition) is 11. The molecule has 4 aliphatic rings. The van der Waals surface area contributed by atoms with Crippen molar-refractivity contribution in [2.24, 2.45) is 11.8 Å². The highest BCUT2D eigenvalue weighted by molar-refractivity contribution is 7.91. The van der Waals surface area contributed by atoms with E-state index in [1.54, 1.807) is 38.1 Å². The number of methoxy groups -OCH3 is 1. The largest absolute Gasteiger partial charge is 0.497 e. The molecular weight excluding hydrogens is 706 g/mol. The minimum Gasteiger partial charge on any atom is -0.497 e. The van der Waals surface area contributed by atoms with Crippen molar-refractivity contribution in [1.82, 2.24) is 40.5 Å². The van der Waals surface area contributed by atoms with Crippen LogP contribution in [0.15, 0.2) is 24.3 Å². The lowest BCUT2D eigenvalue weighted by atomic mass is 9.98. The van der Waals surface area contributed by atoms with E-state index in [1.165, 1.54) is 16.8 Å². The summed E-state index contributed by atoms with van der Waals surface area (Å²) in [5.41, 5.74) is -1.58. The molecule has 3 N–H and O–H groups in total. The van der Waals surface area contributed by atoms with Gasteiger partial charge in [0, 0.05) is 18.5 Å². The number of halogens is 2. The zero-order chi connectivity index (χ0) is 37.4. The molecule has 6 rings (SSSR count). The average molecular weight is 751 g/mol. The quantitative estimate of drug-likeness (QED) is 0.271. The van der Waals surface area contributed by atoms with E-state index in [1.807, 2.05) is 4.72 Å². The van der Waals surface area contributed by atoms with Crippen molar-refractivity contribution in [3.8, 4) is 17.1 Å². The van der Waals surface area contributed by atoms with E-state index in [4.69, 9.17) is 9.47 Å². The number of carbonyl (C=O) groups excluding carboxylic acids is 4. The Morgan fingerprint density at radius 2 is 1.71 bits per heavy atom. The van der Waals surface area contributed by atoms with Gasteiger partial charge in [-0.1, -0.05) is 20.3 Å². The van der Waals surface area contributed by atoms with Gasteiger partial charge in [0.15, 0.2) is 0 Å². The Morgan fingerprint density at radius 3 is 2.31 bits per heavy atom. The second kappa shape index (κ2) is 14.9. The van der Waals surface area contributed by atoms with Crippen LogP contribution < -0.4 is 20.1 Å². The fourth-order valence-electron chi connectivity index (χ4n) is 6.94. The topological polar surface area (TPSA) is 204 Å². The highest BCUT2D eigenvalue weighted by Gasteiger charge is 2.66. The number of nitrogens with zero attached hydrogens (tertiary/aromatic N) is 5. The van der Waals surface area contributed by atoms with Crippen molar-refractivity contribution in [1.29, 1.82) is 0 Å². The van der Waals surface area contributed by atoms with Crippen LogP contribution in [0.3, 0.4) is 0 Å². The Bertz CT molecular complexity index is 1770. The number of carbonyl (C=O) groups is 4.